The van der Waals surface area contributed by atoms with Crippen LogP contribution in [0.3, 0.4) is 0 Å². The van der Waals surface area contributed by atoms with Gasteiger partial charge in [0.25, 0.3) is 5.91 Å². The van der Waals surface area contributed by atoms with E-state index in [4.69, 9.17) is 9.84 Å². The number of hydrogen-bond acceptors (Lipinski definition) is 3. The number of piperidine rings is 1. The molecule has 0 aliphatic carbocycles. The minimum absolute atomic E-state index is 0.0431. The summed E-state index contributed by atoms with van der Waals surface area (Å²) in [5.41, 5.74) is 0. The van der Waals surface area contributed by atoms with Crippen LogP contribution in [0.5, 0.6) is 0 Å². The highest BCUT2D eigenvalue weighted by Crippen LogP contribution is 2.28. The molecule has 1 N–H and O–H groups in total. The van der Waals surface area contributed by atoms with E-state index < -0.39 is 0 Å². The van der Waals surface area contributed by atoms with Gasteiger partial charge in [-0.2, -0.15) is 0 Å². The van der Waals surface area contributed by atoms with Gasteiger partial charge < -0.3 is 14.7 Å². The number of ether oxygens (including phenoxy) is 1. The van der Waals surface area contributed by atoms with Gasteiger partial charge in [-0.05, 0) is 0 Å². The van der Waals surface area contributed by atoms with Crippen molar-refractivity contribution in [2.24, 2.45) is 0 Å². The smallest absolute Gasteiger partial charge is 0.251 e. The van der Waals surface area contributed by atoms with E-state index in [1.54, 1.807) is 4.90 Å². The Bertz CT molecular complexity index is 177. The Morgan fingerprint density at radius 1 is 1.73 bits per heavy atom. The molecule has 3 rings (SSSR count). The van der Waals surface area contributed by atoms with E-state index >= 15 is 0 Å². The first-order chi connectivity index (χ1) is 5.31. The average molecular weight is 157 g/mol. The van der Waals surface area contributed by atoms with E-state index in [-0.39, 0.29) is 24.7 Å². The highest BCUT2D eigenvalue weighted by molar-refractivity contribution is 5.83. The molecule has 0 aromatic heterocycles. The first kappa shape index (κ1) is 7.06. The number of rotatable bonds is 2. The van der Waals surface area contributed by atoms with Crippen molar-refractivity contribution in [2.75, 3.05) is 19.7 Å². The Labute approximate surface area is 64.7 Å². The highest BCUT2D eigenvalue weighted by atomic mass is 16.5. The molecule has 3 aliphatic rings. The number of aliphatic hydroxyl groups excluding tert-OH is 1. The van der Waals surface area contributed by atoms with Crippen LogP contribution in [0.4, 0.5) is 0 Å². The molecule has 62 valence electrons. The molecule has 0 aromatic carbocycles. The topological polar surface area (TPSA) is 49.8 Å². The SMILES string of the molecule is O=C1C2CC(CN1CCO)O2. The average Bonchev–Trinajstić information content (AvgIpc) is 1.90. The third-order valence-corrected chi connectivity index (χ3v) is 2.21. The Morgan fingerprint density at radius 3 is 3.00 bits per heavy atom. The summed E-state index contributed by atoms with van der Waals surface area (Å²) >= 11 is 0. The lowest BCUT2D eigenvalue weighted by Gasteiger charge is -2.45. The maximum atomic E-state index is 11.2. The molecule has 2 bridgehead atoms. The molecule has 3 saturated heterocycles. The monoisotopic (exact) mass is 157 g/mol. The molecule has 0 aromatic rings. The van der Waals surface area contributed by atoms with E-state index in [0.29, 0.717) is 13.1 Å². The predicted molar refractivity (Wildman–Crippen MR) is 36.9 cm³/mol. The number of carbonyl (C=O) groups is 1. The van der Waals surface area contributed by atoms with Gasteiger partial charge in [-0.3, -0.25) is 4.79 Å². The van der Waals surface area contributed by atoms with Crippen molar-refractivity contribution >= 4 is 5.91 Å². The minimum atomic E-state index is -0.194. The molecule has 4 nitrogen and oxygen atoms in total. The quantitative estimate of drug-likeness (QED) is 0.558. The van der Waals surface area contributed by atoms with Crippen molar-refractivity contribution in [1.82, 2.24) is 4.90 Å². The summed E-state index contributed by atoms with van der Waals surface area (Å²) in [5.74, 6) is 0.0431. The molecule has 0 radical (unpaired) electrons. The van der Waals surface area contributed by atoms with Gasteiger partial charge in [0.05, 0.1) is 12.7 Å². The summed E-state index contributed by atoms with van der Waals surface area (Å²) in [6, 6.07) is 0. The van der Waals surface area contributed by atoms with E-state index in [0.717, 1.165) is 6.42 Å². The Hall–Kier alpha value is -0.610. The van der Waals surface area contributed by atoms with Crippen molar-refractivity contribution in [3.8, 4) is 0 Å². The fourth-order valence-electron chi connectivity index (χ4n) is 1.60. The lowest BCUT2D eigenvalue weighted by Crippen LogP contribution is -2.61. The van der Waals surface area contributed by atoms with Gasteiger partial charge in [0.1, 0.15) is 6.10 Å². The van der Waals surface area contributed by atoms with Crippen LogP contribution in [0.25, 0.3) is 0 Å². The molecule has 1 amide bonds. The van der Waals surface area contributed by atoms with E-state index in [1.807, 2.05) is 0 Å². The summed E-state index contributed by atoms with van der Waals surface area (Å²) in [4.78, 5) is 12.9. The standard InChI is InChI=1S/C7H11NO3/c9-2-1-8-4-5-3-6(11-5)7(8)10/h5-6,9H,1-4H2. The zero-order valence-electron chi connectivity index (χ0n) is 6.19. The summed E-state index contributed by atoms with van der Waals surface area (Å²) in [6.07, 6.45) is 0.922. The van der Waals surface area contributed by atoms with Gasteiger partial charge in [0.15, 0.2) is 0 Å². The predicted octanol–water partition coefficient (Wildman–Crippen LogP) is -1.02. The number of morpholine rings is 1. The summed E-state index contributed by atoms with van der Waals surface area (Å²) in [6.45, 7) is 1.16. The molecule has 11 heavy (non-hydrogen) atoms. The van der Waals surface area contributed by atoms with Crippen LogP contribution in [0, 0.1) is 0 Å². The van der Waals surface area contributed by atoms with Gasteiger partial charge in [-0.25, -0.2) is 0 Å². The minimum Gasteiger partial charge on any atom is -0.395 e. The van der Waals surface area contributed by atoms with Crippen molar-refractivity contribution in [3.05, 3.63) is 0 Å². The van der Waals surface area contributed by atoms with Gasteiger partial charge in [-0.1, -0.05) is 0 Å². The van der Waals surface area contributed by atoms with Crippen molar-refractivity contribution in [1.29, 1.82) is 0 Å². The van der Waals surface area contributed by atoms with Crippen LogP contribution >= 0.6 is 0 Å². The van der Waals surface area contributed by atoms with Crippen molar-refractivity contribution in [2.45, 2.75) is 18.6 Å². The van der Waals surface area contributed by atoms with Crippen molar-refractivity contribution < 1.29 is 14.6 Å². The zero-order chi connectivity index (χ0) is 7.84. The Morgan fingerprint density at radius 2 is 2.45 bits per heavy atom. The van der Waals surface area contributed by atoms with E-state index in [2.05, 4.69) is 0 Å². The molecule has 3 fully saturated rings. The van der Waals surface area contributed by atoms with Crippen molar-refractivity contribution in [3.63, 3.8) is 0 Å². The molecule has 0 spiro atoms. The molecule has 3 heterocycles. The van der Waals surface area contributed by atoms with Gasteiger partial charge in [0.2, 0.25) is 0 Å². The number of hydrogen-bond donors (Lipinski definition) is 1. The number of carbonyl (C=O) groups excluding carboxylic acids is 1. The lowest BCUT2D eigenvalue weighted by molar-refractivity contribution is -0.198. The fourth-order valence-corrected chi connectivity index (χ4v) is 1.60. The molecule has 0 saturated carbocycles. The van der Waals surface area contributed by atoms with E-state index in [1.165, 1.54) is 0 Å². The van der Waals surface area contributed by atoms with Gasteiger partial charge in [-0.15, -0.1) is 0 Å². The third kappa shape index (κ3) is 1.02. The Balaban J connectivity index is 1.96. The van der Waals surface area contributed by atoms with Gasteiger partial charge in [0, 0.05) is 19.5 Å². The first-order valence-electron chi connectivity index (χ1n) is 3.86. The molecule has 2 atom stereocenters. The first-order valence-corrected chi connectivity index (χ1v) is 3.86. The third-order valence-electron chi connectivity index (χ3n) is 2.21. The van der Waals surface area contributed by atoms with Crippen LogP contribution in [0.15, 0.2) is 0 Å². The number of amides is 1. The van der Waals surface area contributed by atoms with Crippen LogP contribution in [-0.4, -0.2) is 47.8 Å². The number of nitrogens with zero attached hydrogens (tertiary/aromatic N) is 1. The summed E-state index contributed by atoms with van der Waals surface area (Å²) in [7, 11) is 0. The highest BCUT2D eigenvalue weighted by Gasteiger charge is 2.44. The Kier molecular flexibility index (Phi) is 1.58. The van der Waals surface area contributed by atoms with Crippen LogP contribution < -0.4 is 0 Å². The van der Waals surface area contributed by atoms with Crippen LogP contribution in [-0.2, 0) is 9.53 Å². The molecule has 3 aliphatic heterocycles. The fraction of sp³-hybridized carbons (Fsp3) is 0.857. The zero-order valence-corrected chi connectivity index (χ0v) is 6.19. The second-order valence-electron chi connectivity index (χ2n) is 2.99. The van der Waals surface area contributed by atoms with Gasteiger partial charge >= 0.3 is 0 Å². The molecular weight excluding hydrogens is 146 g/mol. The second-order valence-corrected chi connectivity index (χ2v) is 2.99. The summed E-state index contributed by atoms with van der Waals surface area (Å²) in [5, 5.41) is 8.60. The maximum absolute atomic E-state index is 11.2. The number of aliphatic hydroxyl groups is 1. The second kappa shape index (κ2) is 2.46. The summed E-state index contributed by atoms with van der Waals surface area (Å²) < 4.78 is 5.19. The maximum Gasteiger partial charge on any atom is 0.251 e. The largest absolute Gasteiger partial charge is 0.395 e. The molecule has 4 heteroatoms. The molecular formula is C7H11NO3. The molecule has 2 unspecified atom stereocenters. The number of fused-ring (bicyclic) bond motifs is 2. The normalized spacial score (nSPS) is 35.4. The van der Waals surface area contributed by atoms with Crippen LogP contribution in [0.2, 0.25) is 0 Å². The lowest BCUT2D eigenvalue weighted by atomic mass is 9.98. The van der Waals surface area contributed by atoms with E-state index in [9.17, 15) is 4.79 Å². The van der Waals surface area contributed by atoms with Crippen LogP contribution in [0.1, 0.15) is 6.42 Å².